The standard InChI is InChI=1S/C15H29N3O/c1-11-4-5-12(2)18(11)13(3)15(19)17-8-6-14(10-16)7-9-17/h11-14H,4-10,16H2,1-3H3. The average molecular weight is 267 g/mol. The number of nitrogens with two attached hydrogens (primary N) is 1. The number of hydrogen-bond donors (Lipinski definition) is 1. The molecule has 1 amide bonds. The maximum atomic E-state index is 12.6. The molecular formula is C15H29N3O. The summed E-state index contributed by atoms with van der Waals surface area (Å²) in [4.78, 5) is 17.1. The van der Waals surface area contributed by atoms with Crippen molar-refractivity contribution in [1.29, 1.82) is 0 Å². The molecule has 2 aliphatic rings. The van der Waals surface area contributed by atoms with E-state index in [1.807, 2.05) is 0 Å². The first-order valence-corrected chi connectivity index (χ1v) is 7.80. The predicted octanol–water partition coefficient (Wildman–Crippen LogP) is 1.45. The summed E-state index contributed by atoms with van der Waals surface area (Å²) in [5, 5.41) is 0. The molecule has 3 unspecified atom stereocenters. The van der Waals surface area contributed by atoms with Gasteiger partial charge < -0.3 is 10.6 Å². The van der Waals surface area contributed by atoms with Crippen molar-refractivity contribution in [3.8, 4) is 0 Å². The summed E-state index contributed by atoms with van der Waals surface area (Å²) >= 11 is 0. The highest BCUT2D eigenvalue weighted by molar-refractivity contribution is 5.81. The van der Waals surface area contributed by atoms with Gasteiger partial charge in [-0.05, 0) is 58.9 Å². The summed E-state index contributed by atoms with van der Waals surface area (Å²) in [5.41, 5.74) is 5.71. The lowest BCUT2D eigenvalue weighted by Crippen LogP contribution is -2.52. The minimum atomic E-state index is 0.0296. The third-order valence-corrected chi connectivity index (χ3v) is 5.08. The van der Waals surface area contributed by atoms with Crippen molar-refractivity contribution in [2.24, 2.45) is 11.7 Å². The van der Waals surface area contributed by atoms with Crippen molar-refractivity contribution in [3.05, 3.63) is 0 Å². The zero-order valence-electron chi connectivity index (χ0n) is 12.6. The van der Waals surface area contributed by atoms with Gasteiger partial charge in [-0.1, -0.05) is 0 Å². The van der Waals surface area contributed by atoms with E-state index in [2.05, 4.69) is 30.6 Å². The van der Waals surface area contributed by atoms with Crippen LogP contribution < -0.4 is 5.73 Å². The van der Waals surface area contributed by atoms with Gasteiger partial charge in [-0.2, -0.15) is 0 Å². The first-order valence-electron chi connectivity index (χ1n) is 7.80. The lowest BCUT2D eigenvalue weighted by Gasteiger charge is -2.38. The SMILES string of the molecule is CC1CCC(C)N1C(C)C(=O)N1CCC(CN)CC1. The van der Waals surface area contributed by atoms with Crippen LogP contribution in [0.25, 0.3) is 0 Å². The van der Waals surface area contributed by atoms with Crippen LogP contribution in [0.15, 0.2) is 0 Å². The second-order valence-corrected chi connectivity index (χ2v) is 6.40. The summed E-state index contributed by atoms with van der Waals surface area (Å²) in [6.45, 7) is 9.11. The Kier molecular flexibility index (Phi) is 4.85. The van der Waals surface area contributed by atoms with E-state index in [0.717, 1.165) is 32.5 Å². The Morgan fingerprint density at radius 3 is 2.16 bits per heavy atom. The lowest BCUT2D eigenvalue weighted by molar-refractivity contribution is -0.138. The largest absolute Gasteiger partial charge is 0.341 e. The summed E-state index contributed by atoms with van der Waals surface area (Å²) in [7, 11) is 0. The molecule has 2 N–H and O–H groups in total. The zero-order chi connectivity index (χ0) is 14.0. The zero-order valence-corrected chi connectivity index (χ0v) is 12.6. The van der Waals surface area contributed by atoms with Gasteiger partial charge in [0.25, 0.3) is 0 Å². The third-order valence-electron chi connectivity index (χ3n) is 5.08. The fourth-order valence-electron chi connectivity index (χ4n) is 3.76. The first kappa shape index (κ1) is 14.8. The molecule has 0 radical (unpaired) electrons. The average Bonchev–Trinajstić information content (AvgIpc) is 2.77. The van der Waals surface area contributed by atoms with E-state index >= 15 is 0 Å². The molecule has 2 rings (SSSR count). The minimum absolute atomic E-state index is 0.0296. The van der Waals surface area contributed by atoms with Gasteiger partial charge in [-0.15, -0.1) is 0 Å². The number of hydrogen-bond acceptors (Lipinski definition) is 3. The van der Waals surface area contributed by atoms with E-state index in [-0.39, 0.29) is 6.04 Å². The fourth-order valence-corrected chi connectivity index (χ4v) is 3.76. The van der Waals surface area contributed by atoms with E-state index in [9.17, 15) is 4.79 Å². The maximum absolute atomic E-state index is 12.6. The molecule has 2 fully saturated rings. The first-order chi connectivity index (χ1) is 9.04. The molecule has 0 aromatic heterocycles. The van der Waals surface area contributed by atoms with Gasteiger partial charge in [0.05, 0.1) is 6.04 Å². The van der Waals surface area contributed by atoms with Crippen molar-refractivity contribution in [2.75, 3.05) is 19.6 Å². The van der Waals surface area contributed by atoms with Crippen molar-refractivity contribution in [1.82, 2.24) is 9.80 Å². The van der Waals surface area contributed by atoms with Crippen LogP contribution in [-0.4, -0.2) is 53.5 Å². The lowest BCUT2D eigenvalue weighted by atomic mass is 9.96. The molecule has 0 aromatic carbocycles. The molecule has 0 saturated carbocycles. The van der Waals surface area contributed by atoms with Crippen LogP contribution in [0.3, 0.4) is 0 Å². The Morgan fingerprint density at radius 2 is 1.68 bits per heavy atom. The summed E-state index contributed by atoms with van der Waals surface area (Å²) in [6.07, 6.45) is 4.57. The Morgan fingerprint density at radius 1 is 1.16 bits per heavy atom. The molecule has 2 saturated heterocycles. The van der Waals surface area contributed by atoms with Crippen molar-refractivity contribution in [3.63, 3.8) is 0 Å². The molecule has 2 aliphatic heterocycles. The Bertz CT molecular complexity index is 303. The molecule has 4 nitrogen and oxygen atoms in total. The summed E-state index contributed by atoms with van der Waals surface area (Å²) in [6, 6.07) is 1.10. The van der Waals surface area contributed by atoms with E-state index < -0.39 is 0 Å². The number of carbonyl (C=O) groups is 1. The van der Waals surface area contributed by atoms with Gasteiger partial charge in [0.1, 0.15) is 0 Å². The number of rotatable bonds is 3. The monoisotopic (exact) mass is 267 g/mol. The highest BCUT2D eigenvalue weighted by atomic mass is 16.2. The van der Waals surface area contributed by atoms with E-state index in [1.54, 1.807) is 0 Å². The quantitative estimate of drug-likeness (QED) is 0.842. The Balaban J connectivity index is 1.92. The van der Waals surface area contributed by atoms with Gasteiger partial charge in [-0.25, -0.2) is 0 Å². The number of nitrogens with zero attached hydrogens (tertiary/aromatic N) is 2. The second kappa shape index (κ2) is 6.23. The molecule has 19 heavy (non-hydrogen) atoms. The summed E-state index contributed by atoms with van der Waals surface area (Å²) < 4.78 is 0. The molecule has 2 heterocycles. The van der Waals surface area contributed by atoms with Crippen LogP contribution in [0.2, 0.25) is 0 Å². The molecule has 3 atom stereocenters. The molecule has 0 spiro atoms. The van der Waals surface area contributed by atoms with Gasteiger partial charge >= 0.3 is 0 Å². The van der Waals surface area contributed by atoms with Crippen molar-refractivity contribution < 1.29 is 4.79 Å². The van der Waals surface area contributed by atoms with Crippen LogP contribution in [0, 0.1) is 5.92 Å². The summed E-state index contributed by atoms with van der Waals surface area (Å²) in [5.74, 6) is 0.931. The number of carbonyl (C=O) groups excluding carboxylic acids is 1. The van der Waals surface area contributed by atoms with Gasteiger partial charge in [0.15, 0.2) is 0 Å². The van der Waals surface area contributed by atoms with Gasteiger partial charge in [-0.3, -0.25) is 9.69 Å². The third kappa shape index (κ3) is 3.11. The topological polar surface area (TPSA) is 49.6 Å². The van der Waals surface area contributed by atoms with Crippen LogP contribution in [0.1, 0.15) is 46.5 Å². The van der Waals surface area contributed by atoms with E-state index in [4.69, 9.17) is 5.73 Å². The predicted molar refractivity (Wildman–Crippen MR) is 77.8 cm³/mol. The molecule has 0 bridgehead atoms. The van der Waals surface area contributed by atoms with Gasteiger partial charge in [0, 0.05) is 25.2 Å². The van der Waals surface area contributed by atoms with Crippen LogP contribution in [0.4, 0.5) is 0 Å². The Hall–Kier alpha value is -0.610. The maximum Gasteiger partial charge on any atom is 0.239 e. The van der Waals surface area contributed by atoms with Crippen molar-refractivity contribution in [2.45, 2.75) is 64.6 Å². The number of amides is 1. The number of piperidine rings is 1. The normalized spacial score (nSPS) is 31.7. The van der Waals surface area contributed by atoms with Crippen molar-refractivity contribution >= 4 is 5.91 Å². The van der Waals surface area contributed by atoms with Crippen LogP contribution in [-0.2, 0) is 4.79 Å². The Labute approximate surface area is 117 Å². The highest BCUT2D eigenvalue weighted by Crippen LogP contribution is 2.27. The molecular weight excluding hydrogens is 238 g/mol. The molecule has 0 aliphatic carbocycles. The van der Waals surface area contributed by atoms with Crippen LogP contribution >= 0.6 is 0 Å². The number of likely N-dealkylation sites (tertiary alicyclic amines) is 2. The molecule has 0 aromatic rings. The fraction of sp³-hybridized carbons (Fsp3) is 0.933. The highest BCUT2D eigenvalue weighted by Gasteiger charge is 2.36. The second-order valence-electron chi connectivity index (χ2n) is 6.40. The minimum Gasteiger partial charge on any atom is -0.341 e. The van der Waals surface area contributed by atoms with E-state index in [0.29, 0.717) is 23.9 Å². The smallest absolute Gasteiger partial charge is 0.239 e. The van der Waals surface area contributed by atoms with Gasteiger partial charge in [0.2, 0.25) is 5.91 Å². The molecule has 110 valence electrons. The van der Waals surface area contributed by atoms with Crippen LogP contribution in [0.5, 0.6) is 0 Å². The molecule has 4 heteroatoms. The van der Waals surface area contributed by atoms with E-state index in [1.165, 1.54) is 12.8 Å².